The molecule has 136 valence electrons. The fraction of sp³-hybridized carbons (Fsp3) is 0.632. The Morgan fingerprint density at radius 3 is 2.71 bits per heavy atom. The first kappa shape index (κ1) is 20.3. The molecule has 0 aliphatic rings. The molecule has 5 nitrogen and oxygen atoms in total. The van der Waals surface area contributed by atoms with Gasteiger partial charge in [-0.15, -0.1) is 0 Å². The third-order valence-electron chi connectivity index (χ3n) is 3.45. The minimum atomic E-state index is 0.586. The van der Waals surface area contributed by atoms with E-state index in [1.54, 1.807) is 7.11 Å². The highest BCUT2D eigenvalue weighted by atomic mass is 16.5. The number of hydrogen-bond acceptors (Lipinski definition) is 3. The fourth-order valence-corrected chi connectivity index (χ4v) is 2.17. The zero-order valence-corrected chi connectivity index (χ0v) is 15.8. The lowest BCUT2D eigenvalue weighted by atomic mass is 10.1. The van der Waals surface area contributed by atoms with Crippen LogP contribution in [0.3, 0.4) is 0 Å². The van der Waals surface area contributed by atoms with Gasteiger partial charge in [-0.3, -0.25) is 0 Å². The molecule has 0 aliphatic carbocycles. The van der Waals surface area contributed by atoms with E-state index in [1.165, 1.54) is 0 Å². The van der Waals surface area contributed by atoms with E-state index < -0.39 is 0 Å². The van der Waals surface area contributed by atoms with Gasteiger partial charge in [0.05, 0.1) is 13.7 Å². The van der Waals surface area contributed by atoms with Crippen molar-refractivity contribution in [2.24, 2.45) is 10.9 Å². The lowest BCUT2D eigenvalue weighted by Crippen LogP contribution is -2.38. The molecule has 0 unspecified atom stereocenters. The van der Waals surface area contributed by atoms with E-state index in [-0.39, 0.29) is 0 Å². The van der Waals surface area contributed by atoms with E-state index in [9.17, 15) is 0 Å². The summed E-state index contributed by atoms with van der Waals surface area (Å²) in [5.41, 5.74) is 2.27. The summed E-state index contributed by atoms with van der Waals surface area (Å²) >= 11 is 0. The maximum atomic E-state index is 5.59. The van der Waals surface area contributed by atoms with Crippen LogP contribution in [-0.2, 0) is 11.3 Å². The molecule has 24 heavy (non-hydrogen) atoms. The number of guanidine groups is 1. The van der Waals surface area contributed by atoms with Crippen LogP contribution >= 0.6 is 0 Å². The number of aliphatic imine (C=N–C) groups is 1. The van der Waals surface area contributed by atoms with Gasteiger partial charge in [0.2, 0.25) is 0 Å². The molecule has 0 amide bonds. The van der Waals surface area contributed by atoms with Crippen molar-refractivity contribution >= 4 is 5.96 Å². The van der Waals surface area contributed by atoms with Crippen LogP contribution in [0.2, 0.25) is 0 Å². The van der Waals surface area contributed by atoms with Gasteiger partial charge >= 0.3 is 0 Å². The topological polar surface area (TPSA) is 54.9 Å². The normalized spacial score (nSPS) is 11.7. The van der Waals surface area contributed by atoms with Gasteiger partial charge in [-0.1, -0.05) is 26.0 Å². The number of hydrogen-bond donors (Lipinski definition) is 2. The summed E-state index contributed by atoms with van der Waals surface area (Å²) < 4.78 is 11.0. The Morgan fingerprint density at radius 1 is 1.25 bits per heavy atom. The monoisotopic (exact) mass is 335 g/mol. The summed E-state index contributed by atoms with van der Waals surface area (Å²) in [5, 5.41) is 6.62. The summed E-state index contributed by atoms with van der Waals surface area (Å²) in [6.07, 6.45) is 0.968. The van der Waals surface area contributed by atoms with Crippen LogP contribution in [0.5, 0.6) is 5.75 Å². The van der Waals surface area contributed by atoms with E-state index >= 15 is 0 Å². The highest BCUT2D eigenvalue weighted by Gasteiger charge is 2.02. The summed E-state index contributed by atoms with van der Waals surface area (Å²) in [4.78, 5) is 4.63. The van der Waals surface area contributed by atoms with Gasteiger partial charge in [-0.2, -0.15) is 0 Å². The smallest absolute Gasteiger partial charge is 0.191 e. The number of ether oxygens (including phenoxy) is 2. The van der Waals surface area contributed by atoms with Crippen molar-refractivity contribution in [3.8, 4) is 5.75 Å². The molecule has 0 spiro atoms. The number of aryl methyl sites for hydroxylation is 1. The van der Waals surface area contributed by atoms with Crippen molar-refractivity contribution in [1.82, 2.24) is 10.6 Å². The van der Waals surface area contributed by atoms with Crippen molar-refractivity contribution in [1.29, 1.82) is 0 Å². The predicted molar refractivity (Wildman–Crippen MR) is 101 cm³/mol. The lowest BCUT2D eigenvalue weighted by molar-refractivity contribution is 0.108. The summed E-state index contributed by atoms with van der Waals surface area (Å²) in [6, 6.07) is 6.20. The molecular formula is C19H33N3O2. The molecule has 0 saturated carbocycles. The number of nitrogens with one attached hydrogen (secondary N) is 2. The molecule has 0 aromatic heterocycles. The van der Waals surface area contributed by atoms with E-state index in [0.717, 1.165) is 55.6 Å². The Balaban J connectivity index is 2.44. The number of rotatable bonds is 10. The largest absolute Gasteiger partial charge is 0.496 e. The highest BCUT2D eigenvalue weighted by molar-refractivity contribution is 5.79. The van der Waals surface area contributed by atoms with Crippen LogP contribution in [0.15, 0.2) is 23.2 Å². The van der Waals surface area contributed by atoms with Crippen molar-refractivity contribution in [2.45, 2.75) is 40.7 Å². The first-order valence-electron chi connectivity index (χ1n) is 8.80. The lowest BCUT2D eigenvalue weighted by Gasteiger charge is -2.12. The van der Waals surface area contributed by atoms with Gasteiger partial charge in [0, 0.05) is 26.3 Å². The van der Waals surface area contributed by atoms with Crippen LogP contribution in [0.4, 0.5) is 0 Å². The molecule has 5 heteroatoms. The summed E-state index contributed by atoms with van der Waals surface area (Å²) in [7, 11) is 1.70. The molecule has 0 aliphatic heterocycles. The first-order chi connectivity index (χ1) is 11.6. The van der Waals surface area contributed by atoms with E-state index in [0.29, 0.717) is 12.5 Å². The average Bonchev–Trinajstić information content (AvgIpc) is 2.56. The Bertz CT molecular complexity index is 501. The molecule has 1 aromatic carbocycles. The standard InChI is InChI=1S/C19H33N3O2/c1-6-20-19(21-10-7-11-24-14-15(2)3)22-13-17-9-8-16(4)18(12-17)23-5/h8-9,12,15H,6-7,10-11,13-14H2,1-5H3,(H2,20,21,22). The molecule has 0 heterocycles. The Hall–Kier alpha value is -1.75. The van der Waals surface area contributed by atoms with E-state index in [2.05, 4.69) is 48.5 Å². The quantitative estimate of drug-likeness (QED) is 0.392. The van der Waals surface area contributed by atoms with Gasteiger partial charge in [-0.05, 0) is 43.4 Å². The molecule has 0 saturated heterocycles. The third-order valence-corrected chi connectivity index (χ3v) is 3.45. The number of nitrogens with zero attached hydrogens (tertiary/aromatic N) is 1. The van der Waals surface area contributed by atoms with Crippen LogP contribution < -0.4 is 15.4 Å². The zero-order valence-electron chi connectivity index (χ0n) is 15.8. The Labute approximate surface area is 146 Å². The highest BCUT2D eigenvalue weighted by Crippen LogP contribution is 2.19. The third kappa shape index (κ3) is 8.20. The van der Waals surface area contributed by atoms with Crippen LogP contribution in [0.1, 0.15) is 38.3 Å². The van der Waals surface area contributed by atoms with Crippen LogP contribution in [0.25, 0.3) is 0 Å². The maximum absolute atomic E-state index is 5.59. The van der Waals surface area contributed by atoms with Gasteiger partial charge in [0.15, 0.2) is 5.96 Å². The second-order valence-electron chi connectivity index (χ2n) is 6.25. The molecule has 1 aromatic rings. The number of benzene rings is 1. The van der Waals surface area contributed by atoms with Crippen LogP contribution in [-0.4, -0.2) is 39.4 Å². The van der Waals surface area contributed by atoms with Crippen molar-refractivity contribution < 1.29 is 9.47 Å². The van der Waals surface area contributed by atoms with Gasteiger partial charge in [-0.25, -0.2) is 4.99 Å². The average molecular weight is 335 g/mol. The van der Waals surface area contributed by atoms with Crippen molar-refractivity contribution in [3.63, 3.8) is 0 Å². The molecule has 0 fully saturated rings. The van der Waals surface area contributed by atoms with Crippen molar-refractivity contribution in [2.75, 3.05) is 33.4 Å². The van der Waals surface area contributed by atoms with E-state index in [1.807, 2.05) is 13.0 Å². The van der Waals surface area contributed by atoms with E-state index in [4.69, 9.17) is 9.47 Å². The molecule has 0 bridgehead atoms. The number of methoxy groups -OCH3 is 1. The van der Waals surface area contributed by atoms with Crippen LogP contribution in [0, 0.1) is 12.8 Å². The summed E-state index contributed by atoms with van der Waals surface area (Å²) in [5.74, 6) is 2.33. The second kappa shape index (κ2) is 11.7. The van der Waals surface area contributed by atoms with Gasteiger partial charge in [0.1, 0.15) is 5.75 Å². The zero-order chi connectivity index (χ0) is 17.8. The van der Waals surface area contributed by atoms with Gasteiger partial charge in [0.25, 0.3) is 0 Å². The van der Waals surface area contributed by atoms with Gasteiger partial charge < -0.3 is 20.1 Å². The maximum Gasteiger partial charge on any atom is 0.191 e. The molecule has 2 N–H and O–H groups in total. The predicted octanol–water partition coefficient (Wildman–Crippen LogP) is 3.12. The van der Waals surface area contributed by atoms with Crippen molar-refractivity contribution in [3.05, 3.63) is 29.3 Å². The minimum Gasteiger partial charge on any atom is -0.496 e. The molecule has 0 radical (unpaired) electrons. The fourth-order valence-electron chi connectivity index (χ4n) is 2.17. The second-order valence-corrected chi connectivity index (χ2v) is 6.25. The molecular weight excluding hydrogens is 302 g/mol. The minimum absolute atomic E-state index is 0.586. The summed E-state index contributed by atoms with van der Waals surface area (Å²) in [6.45, 7) is 12.3. The SMILES string of the molecule is CCNC(=NCc1ccc(C)c(OC)c1)NCCCOCC(C)C. The molecule has 0 atom stereocenters. The molecule has 1 rings (SSSR count). The Morgan fingerprint density at radius 2 is 2.04 bits per heavy atom. The Kier molecular flexibility index (Phi) is 9.92. The first-order valence-corrected chi connectivity index (χ1v) is 8.80.